The molecule has 136 valence electrons. The molecule has 2 amide bonds. The zero-order valence-corrected chi connectivity index (χ0v) is 15.4. The molecule has 2 atom stereocenters. The summed E-state index contributed by atoms with van der Waals surface area (Å²) in [6, 6.07) is 21.9. The van der Waals surface area contributed by atoms with Crippen molar-refractivity contribution in [2.75, 3.05) is 4.90 Å². The summed E-state index contributed by atoms with van der Waals surface area (Å²) >= 11 is 0. The van der Waals surface area contributed by atoms with E-state index in [1.54, 1.807) is 18.3 Å². The first-order chi connectivity index (χ1) is 13.6. The molecule has 0 radical (unpaired) electrons. The molecule has 28 heavy (non-hydrogen) atoms. The van der Waals surface area contributed by atoms with Crippen LogP contribution in [-0.4, -0.2) is 16.8 Å². The third-order valence-corrected chi connectivity index (χ3v) is 6.92. The van der Waals surface area contributed by atoms with Gasteiger partial charge in [-0.1, -0.05) is 61.5 Å². The summed E-state index contributed by atoms with van der Waals surface area (Å²) in [6.07, 6.45) is 1.62. The number of imide groups is 1. The minimum absolute atomic E-state index is 0.0932. The minimum Gasteiger partial charge on any atom is -0.274 e. The fourth-order valence-electron chi connectivity index (χ4n) is 5.86. The summed E-state index contributed by atoms with van der Waals surface area (Å²) < 4.78 is 0. The fourth-order valence-corrected chi connectivity index (χ4v) is 5.86. The molecule has 2 heterocycles. The highest BCUT2D eigenvalue weighted by Crippen LogP contribution is 2.63. The van der Waals surface area contributed by atoms with Crippen molar-refractivity contribution in [1.29, 1.82) is 0 Å². The minimum atomic E-state index is -0.525. The molecule has 0 spiro atoms. The average molecular weight is 366 g/mol. The van der Waals surface area contributed by atoms with E-state index in [1.165, 1.54) is 27.2 Å². The molecular formula is C24H18N2O2. The molecule has 1 fully saturated rings. The quantitative estimate of drug-likeness (QED) is 0.618. The van der Waals surface area contributed by atoms with Crippen molar-refractivity contribution >= 4 is 17.6 Å². The van der Waals surface area contributed by atoms with Crippen molar-refractivity contribution in [3.05, 3.63) is 95.2 Å². The van der Waals surface area contributed by atoms with Crippen LogP contribution in [0.5, 0.6) is 0 Å². The van der Waals surface area contributed by atoms with Gasteiger partial charge in [0.05, 0.1) is 11.8 Å². The van der Waals surface area contributed by atoms with Crippen LogP contribution in [0.1, 0.15) is 35.1 Å². The van der Waals surface area contributed by atoms with Gasteiger partial charge in [0.1, 0.15) is 5.82 Å². The Balaban J connectivity index is 1.64. The normalized spacial score (nSPS) is 29.5. The molecule has 4 aliphatic rings. The maximum Gasteiger partial charge on any atom is 0.240 e. The first-order valence-electron chi connectivity index (χ1n) is 9.61. The molecule has 1 saturated heterocycles. The lowest BCUT2D eigenvalue weighted by Crippen LogP contribution is -2.51. The topological polar surface area (TPSA) is 50.3 Å². The molecule has 0 saturated carbocycles. The van der Waals surface area contributed by atoms with Crippen LogP contribution < -0.4 is 4.90 Å². The van der Waals surface area contributed by atoms with Crippen molar-refractivity contribution in [3.8, 4) is 0 Å². The van der Waals surface area contributed by atoms with Gasteiger partial charge in [-0.3, -0.25) is 9.59 Å². The molecule has 2 bridgehead atoms. The van der Waals surface area contributed by atoms with Crippen LogP contribution in [0.25, 0.3) is 0 Å². The molecule has 4 nitrogen and oxygen atoms in total. The molecule has 1 aliphatic heterocycles. The first kappa shape index (κ1) is 15.8. The van der Waals surface area contributed by atoms with Gasteiger partial charge < -0.3 is 0 Å². The van der Waals surface area contributed by atoms with Gasteiger partial charge >= 0.3 is 0 Å². The van der Waals surface area contributed by atoms with E-state index in [-0.39, 0.29) is 23.7 Å². The largest absolute Gasteiger partial charge is 0.274 e. The highest BCUT2D eigenvalue weighted by molar-refractivity contribution is 6.23. The number of aromatic nitrogens is 1. The zero-order chi connectivity index (χ0) is 19.0. The molecule has 3 aliphatic carbocycles. The molecule has 4 heteroatoms. The van der Waals surface area contributed by atoms with E-state index in [0.717, 1.165) is 0 Å². The number of carbonyl (C=O) groups is 2. The number of rotatable bonds is 1. The Hall–Kier alpha value is -3.27. The van der Waals surface area contributed by atoms with Crippen LogP contribution >= 0.6 is 0 Å². The van der Waals surface area contributed by atoms with E-state index in [9.17, 15) is 9.59 Å². The Kier molecular flexibility index (Phi) is 2.91. The highest BCUT2D eigenvalue weighted by Gasteiger charge is 2.66. The summed E-state index contributed by atoms with van der Waals surface area (Å²) in [5, 5.41) is 0. The van der Waals surface area contributed by atoms with Crippen molar-refractivity contribution in [2.24, 2.45) is 11.8 Å². The number of carbonyl (C=O) groups excluding carboxylic acids is 2. The van der Waals surface area contributed by atoms with E-state index in [0.29, 0.717) is 5.82 Å². The average Bonchev–Trinajstić information content (AvgIpc) is 3.01. The van der Waals surface area contributed by atoms with Gasteiger partial charge in [-0.2, -0.15) is 0 Å². The molecule has 0 unspecified atom stereocenters. The lowest BCUT2D eigenvalue weighted by molar-refractivity contribution is -0.123. The Morgan fingerprint density at radius 1 is 0.821 bits per heavy atom. The molecule has 0 N–H and O–H groups in total. The van der Waals surface area contributed by atoms with Gasteiger partial charge in [-0.25, -0.2) is 9.88 Å². The second-order valence-electron chi connectivity index (χ2n) is 8.06. The van der Waals surface area contributed by atoms with Gasteiger partial charge in [0, 0.05) is 17.5 Å². The summed E-state index contributed by atoms with van der Waals surface area (Å²) in [6.45, 7) is 2.13. The number of nitrogens with zero attached hydrogens (tertiary/aromatic N) is 2. The van der Waals surface area contributed by atoms with Gasteiger partial charge in [0.2, 0.25) is 11.8 Å². The van der Waals surface area contributed by atoms with Gasteiger partial charge in [-0.05, 0) is 34.4 Å². The SMILES string of the molecule is CC12c3ccccc3C(c3ccccc31)[C@@H]1C(=O)N(c3ccccn3)C(=O)[C@@H]12. The maximum atomic E-state index is 13.6. The zero-order valence-electron chi connectivity index (χ0n) is 15.4. The summed E-state index contributed by atoms with van der Waals surface area (Å²) in [7, 11) is 0. The van der Waals surface area contributed by atoms with Gasteiger partial charge in [0.25, 0.3) is 0 Å². The number of hydrogen-bond acceptors (Lipinski definition) is 3. The second-order valence-corrected chi connectivity index (χ2v) is 8.06. The van der Waals surface area contributed by atoms with Crippen molar-refractivity contribution in [3.63, 3.8) is 0 Å². The Labute approximate surface area is 162 Å². The van der Waals surface area contributed by atoms with Crippen LogP contribution in [0.4, 0.5) is 5.82 Å². The molecule has 2 aromatic carbocycles. The fraction of sp³-hybridized carbons (Fsp3) is 0.208. The second kappa shape index (κ2) is 5.16. The van der Waals surface area contributed by atoms with Crippen LogP contribution in [-0.2, 0) is 15.0 Å². The lowest BCUT2D eigenvalue weighted by Gasteiger charge is -2.52. The standard InChI is InChI=1S/C24H18N2O2/c1-24-16-10-4-2-8-14(16)19(15-9-3-5-11-17(15)24)20-21(24)23(28)26(22(20)27)18-12-6-7-13-25-18/h2-13,19-21H,1H3/t19?,20-,21+,24?/m0/s1. The van der Waals surface area contributed by atoms with Crippen molar-refractivity contribution < 1.29 is 9.59 Å². The first-order valence-corrected chi connectivity index (χ1v) is 9.61. The molecule has 7 rings (SSSR count). The number of amides is 2. The maximum absolute atomic E-state index is 13.6. The molecule has 3 aromatic rings. The number of benzene rings is 2. The van der Waals surface area contributed by atoms with E-state index in [2.05, 4.69) is 36.2 Å². The highest BCUT2D eigenvalue weighted by atomic mass is 16.2. The third-order valence-electron chi connectivity index (χ3n) is 6.92. The van der Waals surface area contributed by atoms with Crippen LogP contribution in [0.2, 0.25) is 0 Å². The number of anilines is 1. The van der Waals surface area contributed by atoms with Crippen LogP contribution in [0.15, 0.2) is 72.9 Å². The molecular weight excluding hydrogens is 348 g/mol. The van der Waals surface area contributed by atoms with Gasteiger partial charge in [-0.15, -0.1) is 0 Å². The Morgan fingerprint density at radius 3 is 2.04 bits per heavy atom. The van der Waals surface area contributed by atoms with Gasteiger partial charge in [0.15, 0.2) is 0 Å². The van der Waals surface area contributed by atoms with Crippen LogP contribution in [0.3, 0.4) is 0 Å². The van der Waals surface area contributed by atoms with E-state index >= 15 is 0 Å². The number of pyridine rings is 1. The van der Waals surface area contributed by atoms with Crippen molar-refractivity contribution in [2.45, 2.75) is 18.3 Å². The monoisotopic (exact) mass is 366 g/mol. The Bertz CT molecular complexity index is 1110. The Morgan fingerprint density at radius 2 is 1.43 bits per heavy atom. The van der Waals surface area contributed by atoms with E-state index in [4.69, 9.17) is 0 Å². The summed E-state index contributed by atoms with van der Waals surface area (Å²) in [5.74, 6) is -0.729. The van der Waals surface area contributed by atoms with E-state index < -0.39 is 11.3 Å². The summed E-state index contributed by atoms with van der Waals surface area (Å²) in [4.78, 5) is 32.8. The third kappa shape index (κ3) is 1.65. The predicted molar refractivity (Wildman–Crippen MR) is 105 cm³/mol. The molecule has 1 aromatic heterocycles. The predicted octanol–water partition coefficient (Wildman–Crippen LogP) is 3.65. The summed E-state index contributed by atoms with van der Waals surface area (Å²) in [5.41, 5.74) is 4.17. The number of hydrogen-bond donors (Lipinski definition) is 0. The van der Waals surface area contributed by atoms with Crippen molar-refractivity contribution in [1.82, 2.24) is 4.98 Å². The van der Waals surface area contributed by atoms with Crippen LogP contribution in [0, 0.1) is 11.8 Å². The smallest absolute Gasteiger partial charge is 0.240 e. The lowest BCUT2D eigenvalue weighted by atomic mass is 9.48. The van der Waals surface area contributed by atoms with E-state index in [1.807, 2.05) is 30.3 Å².